The van der Waals surface area contributed by atoms with Crippen molar-refractivity contribution in [2.45, 2.75) is 51.7 Å². The lowest BCUT2D eigenvalue weighted by Crippen LogP contribution is -2.48. The van der Waals surface area contributed by atoms with Gasteiger partial charge >= 0.3 is 0 Å². The summed E-state index contributed by atoms with van der Waals surface area (Å²) in [6.07, 6.45) is 2.50. The van der Waals surface area contributed by atoms with Gasteiger partial charge in [-0.25, -0.2) is 0 Å². The Hall–Kier alpha value is -2.86. The average Bonchev–Trinajstić information content (AvgIpc) is 2.84. The van der Waals surface area contributed by atoms with Gasteiger partial charge in [0.05, 0.1) is 12.2 Å². The second-order valence-electron chi connectivity index (χ2n) is 9.38. The van der Waals surface area contributed by atoms with Gasteiger partial charge in [0, 0.05) is 52.4 Å². The van der Waals surface area contributed by atoms with Crippen molar-refractivity contribution in [3.05, 3.63) is 11.6 Å². The Balaban J connectivity index is 1.25. The topological polar surface area (TPSA) is 131 Å². The summed E-state index contributed by atoms with van der Waals surface area (Å²) in [6, 6.07) is 0. The number of aryl methyl sites for hydroxylation is 2. The summed E-state index contributed by atoms with van der Waals surface area (Å²) in [4.78, 5) is 36.5. The van der Waals surface area contributed by atoms with Gasteiger partial charge < -0.3 is 29.8 Å². The summed E-state index contributed by atoms with van der Waals surface area (Å²) in [6.45, 7) is 9.88. The van der Waals surface area contributed by atoms with Gasteiger partial charge in [-0.05, 0) is 39.5 Å². The predicted octanol–water partition coefficient (Wildman–Crippen LogP) is -0.0778. The van der Waals surface area contributed by atoms with Gasteiger partial charge in [0.2, 0.25) is 23.8 Å². The van der Waals surface area contributed by atoms with E-state index in [1.54, 1.807) is 0 Å². The highest BCUT2D eigenvalue weighted by Gasteiger charge is 2.26. The maximum Gasteiger partial charge on any atom is 0.230 e. The molecule has 3 aliphatic rings. The summed E-state index contributed by atoms with van der Waals surface area (Å²) in [7, 11) is 0. The third-order valence-electron chi connectivity index (χ3n) is 6.79. The molecule has 12 heteroatoms. The summed E-state index contributed by atoms with van der Waals surface area (Å²) >= 11 is 0. The Morgan fingerprint density at radius 1 is 0.471 bits per heavy atom. The van der Waals surface area contributed by atoms with Crippen LogP contribution in [-0.4, -0.2) is 105 Å². The number of hydrogen-bond donors (Lipinski definition) is 2. The van der Waals surface area contributed by atoms with Crippen molar-refractivity contribution < 1.29 is 10.2 Å². The highest BCUT2D eigenvalue weighted by Crippen LogP contribution is 2.22. The molecule has 0 bridgehead atoms. The molecule has 0 aliphatic carbocycles. The zero-order valence-corrected chi connectivity index (χ0v) is 20.0. The van der Waals surface area contributed by atoms with Crippen molar-refractivity contribution in [3.63, 3.8) is 0 Å². The number of aromatic nitrogens is 6. The van der Waals surface area contributed by atoms with E-state index in [2.05, 4.69) is 39.5 Å². The second-order valence-corrected chi connectivity index (χ2v) is 9.38. The number of hydrogen-bond acceptors (Lipinski definition) is 12. The van der Waals surface area contributed by atoms with Gasteiger partial charge in [0.25, 0.3) is 0 Å². The molecular weight excluding hydrogens is 436 g/mol. The van der Waals surface area contributed by atoms with Gasteiger partial charge in [-0.3, -0.25) is 0 Å². The minimum absolute atomic E-state index is 0.229. The van der Waals surface area contributed by atoms with Crippen LogP contribution in [0.2, 0.25) is 0 Å². The van der Waals surface area contributed by atoms with E-state index >= 15 is 0 Å². The molecule has 0 radical (unpaired) electrons. The highest BCUT2D eigenvalue weighted by atomic mass is 16.3. The first-order valence-corrected chi connectivity index (χ1v) is 12.3. The van der Waals surface area contributed by atoms with Crippen molar-refractivity contribution in [3.8, 4) is 0 Å². The van der Waals surface area contributed by atoms with Crippen LogP contribution < -0.4 is 19.6 Å². The summed E-state index contributed by atoms with van der Waals surface area (Å²) < 4.78 is 0. The molecule has 5 heterocycles. The van der Waals surface area contributed by atoms with Crippen LogP contribution in [0.1, 0.15) is 37.3 Å². The smallest absolute Gasteiger partial charge is 0.230 e. The third-order valence-corrected chi connectivity index (χ3v) is 6.79. The molecule has 0 amide bonds. The van der Waals surface area contributed by atoms with Crippen LogP contribution in [0, 0.1) is 13.8 Å². The molecule has 12 nitrogen and oxygen atoms in total. The van der Waals surface area contributed by atoms with E-state index < -0.39 is 0 Å². The van der Waals surface area contributed by atoms with Crippen LogP contribution in [0.3, 0.4) is 0 Å². The van der Waals surface area contributed by atoms with Gasteiger partial charge in [-0.2, -0.15) is 29.9 Å². The molecule has 184 valence electrons. The molecule has 34 heavy (non-hydrogen) atoms. The van der Waals surface area contributed by atoms with Crippen LogP contribution in [0.5, 0.6) is 0 Å². The number of aliphatic hydroxyl groups excluding tert-OH is 2. The molecule has 3 saturated heterocycles. The fraction of sp³-hybridized carbons (Fsp3) is 0.727. The maximum absolute atomic E-state index is 9.80. The SMILES string of the molecule is Cc1nc(N2CCC(O)CC2)nc(N2CCN(c3nc(C)nc(N4CCC(O)CC4)n3)CC2)n1. The number of anilines is 4. The van der Waals surface area contributed by atoms with E-state index in [4.69, 9.17) is 9.97 Å². The van der Waals surface area contributed by atoms with Crippen LogP contribution >= 0.6 is 0 Å². The van der Waals surface area contributed by atoms with Crippen LogP contribution in [0.4, 0.5) is 23.8 Å². The predicted molar refractivity (Wildman–Crippen MR) is 128 cm³/mol. The molecule has 0 unspecified atom stereocenters. The Kier molecular flexibility index (Phi) is 6.59. The van der Waals surface area contributed by atoms with Gasteiger partial charge in [0.15, 0.2) is 0 Å². The van der Waals surface area contributed by atoms with Crippen LogP contribution in [0.15, 0.2) is 0 Å². The first-order chi connectivity index (χ1) is 16.4. The standard InChI is InChI=1S/C22H34N10O2/c1-15-23-19(29-7-3-17(33)4-8-29)27-21(25-15)31-11-13-32(14-12-31)22-26-16(2)24-20(28-22)30-9-5-18(34)6-10-30/h17-18,33-34H,3-14H2,1-2H3. The van der Waals surface area contributed by atoms with E-state index in [1.165, 1.54) is 0 Å². The highest BCUT2D eigenvalue weighted by molar-refractivity contribution is 5.44. The monoisotopic (exact) mass is 470 g/mol. The Labute approximate surface area is 199 Å². The summed E-state index contributed by atoms with van der Waals surface area (Å²) in [5.74, 6) is 4.21. The summed E-state index contributed by atoms with van der Waals surface area (Å²) in [5, 5.41) is 19.6. The largest absolute Gasteiger partial charge is 0.393 e. The second kappa shape index (κ2) is 9.79. The molecule has 5 rings (SSSR count). The minimum atomic E-state index is -0.229. The molecule has 0 aromatic carbocycles. The molecule has 2 aromatic heterocycles. The van der Waals surface area contributed by atoms with Crippen molar-refractivity contribution in [2.75, 3.05) is 72.0 Å². The third kappa shape index (κ3) is 5.12. The van der Waals surface area contributed by atoms with Crippen molar-refractivity contribution in [1.29, 1.82) is 0 Å². The molecule has 3 fully saturated rings. The Morgan fingerprint density at radius 3 is 1.03 bits per heavy atom. The minimum Gasteiger partial charge on any atom is -0.393 e. The molecule has 0 spiro atoms. The lowest BCUT2D eigenvalue weighted by Gasteiger charge is -2.36. The van der Waals surface area contributed by atoms with Gasteiger partial charge in [-0.15, -0.1) is 0 Å². The fourth-order valence-corrected chi connectivity index (χ4v) is 4.71. The number of nitrogens with zero attached hydrogens (tertiary/aromatic N) is 10. The van der Waals surface area contributed by atoms with Gasteiger partial charge in [-0.1, -0.05) is 0 Å². The maximum atomic E-state index is 9.80. The molecule has 0 saturated carbocycles. The van der Waals surface area contributed by atoms with Crippen molar-refractivity contribution in [1.82, 2.24) is 29.9 Å². The lowest BCUT2D eigenvalue weighted by molar-refractivity contribution is 0.144. The molecule has 2 aromatic rings. The number of piperidine rings is 2. The zero-order chi connectivity index (χ0) is 23.7. The van der Waals surface area contributed by atoms with Crippen molar-refractivity contribution in [2.24, 2.45) is 0 Å². The van der Waals surface area contributed by atoms with E-state index in [-0.39, 0.29) is 12.2 Å². The van der Waals surface area contributed by atoms with Crippen LogP contribution in [-0.2, 0) is 0 Å². The first kappa shape index (κ1) is 22.9. The average molecular weight is 471 g/mol. The number of rotatable bonds is 4. The Morgan fingerprint density at radius 2 is 0.735 bits per heavy atom. The molecule has 2 N–H and O–H groups in total. The van der Waals surface area contributed by atoms with E-state index in [9.17, 15) is 10.2 Å². The first-order valence-electron chi connectivity index (χ1n) is 12.3. The molecular formula is C22H34N10O2. The quantitative estimate of drug-likeness (QED) is 0.620. The van der Waals surface area contributed by atoms with Gasteiger partial charge in [0.1, 0.15) is 11.6 Å². The van der Waals surface area contributed by atoms with Crippen molar-refractivity contribution >= 4 is 23.8 Å². The normalized spacial score (nSPS) is 20.8. The lowest BCUT2D eigenvalue weighted by atomic mass is 10.1. The number of piperazine rings is 1. The van der Waals surface area contributed by atoms with E-state index in [0.29, 0.717) is 35.4 Å². The zero-order valence-electron chi connectivity index (χ0n) is 20.0. The van der Waals surface area contributed by atoms with E-state index in [0.717, 1.165) is 78.0 Å². The summed E-state index contributed by atoms with van der Waals surface area (Å²) in [5.41, 5.74) is 0. The molecule has 3 aliphatic heterocycles. The van der Waals surface area contributed by atoms with E-state index in [1.807, 2.05) is 13.8 Å². The van der Waals surface area contributed by atoms with Crippen LogP contribution in [0.25, 0.3) is 0 Å². The fourth-order valence-electron chi connectivity index (χ4n) is 4.71. The molecule has 0 atom stereocenters. The number of aliphatic hydroxyl groups is 2. The Bertz CT molecular complexity index is 904.